The molecule has 1 heteroatoms. The number of rotatable bonds is 3. The van der Waals surface area contributed by atoms with Crippen molar-refractivity contribution in [3.63, 3.8) is 0 Å². The molecule has 1 aliphatic rings. The first-order valence-electron chi connectivity index (χ1n) is 5.08. The lowest BCUT2D eigenvalue weighted by molar-refractivity contribution is 0.805. The Balaban J connectivity index is 1.99. The summed E-state index contributed by atoms with van der Waals surface area (Å²) in [5.74, 6) is 1.46. The van der Waals surface area contributed by atoms with Crippen LogP contribution >= 0.6 is 0 Å². The molecule has 2 rings (SSSR count). The van der Waals surface area contributed by atoms with Gasteiger partial charge in [-0.1, -0.05) is 12.6 Å². The van der Waals surface area contributed by atoms with Gasteiger partial charge in [-0.15, -0.1) is 5.73 Å². The predicted octanol–water partition coefficient (Wildman–Crippen LogP) is 3.22. The monoisotopic (exact) mass is 185 g/mol. The van der Waals surface area contributed by atoms with E-state index in [2.05, 4.69) is 36.4 Å². The van der Waals surface area contributed by atoms with E-state index >= 15 is 0 Å². The van der Waals surface area contributed by atoms with E-state index in [0.29, 0.717) is 5.92 Å². The molecule has 0 saturated heterocycles. The molecule has 14 heavy (non-hydrogen) atoms. The van der Waals surface area contributed by atoms with Gasteiger partial charge in [-0.05, 0) is 43.4 Å². The van der Waals surface area contributed by atoms with E-state index < -0.39 is 0 Å². The zero-order chi connectivity index (χ0) is 9.97. The van der Waals surface area contributed by atoms with Gasteiger partial charge in [0.1, 0.15) is 0 Å². The lowest BCUT2D eigenvalue weighted by atomic mass is 10.1. The molecule has 72 valence electrons. The molecule has 0 unspecified atom stereocenters. The molecule has 1 aromatic heterocycles. The Labute approximate surface area is 85.2 Å². The van der Waals surface area contributed by atoms with Crippen LogP contribution in [0.1, 0.15) is 30.0 Å². The lowest BCUT2D eigenvalue weighted by Crippen LogP contribution is -1.88. The minimum absolute atomic E-state index is 0.681. The third-order valence-corrected chi connectivity index (χ3v) is 2.80. The summed E-state index contributed by atoms with van der Waals surface area (Å²) >= 11 is 0. The number of aryl methyl sites for hydroxylation is 1. The van der Waals surface area contributed by atoms with Gasteiger partial charge in [-0.2, -0.15) is 0 Å². The summed E-state index contributed by atoms with van der Waals surface area (Å²) in [7, 11) is 0. The first-order valence-corrected chi connectivity index (χ1v) is 5.08. The molecule has 1 aromatic rings. The van der Waals surface area contributed by atoms with Crippen molar-refractivity contribution in [3.05, 3.63) is 48.0 Å². The smallest absolute Gasteiger partial charge is 0.0437 e. The van der Waals surface area contributed by atoms with E-state index in [4.69, 9.17) is 0 Å². The number of hydrogen-bond acceptors (Lipinski definition) is 1. The van der Waals surface area contributed by atoms with Gasteiger partial charge in [-0.25, -0.2) is 0 Å². The molecule has 0 N–H and O–H groups in total. The number of pyridine rings is 1. The van der Waals surface area contributed by atoms with Crippen LogP contribution in [0.2, 0.25) is 0 Å². The van der Waals surface area contributed by atoms with Crippen molar-refractivity contribution in [3.8, 4) is 0 Å². The maximum atomic E-state index is 4.45. The summed E-state index contributed by atoms with van der Waals surface area (Å²) in [6, 6.07) is 4.29. The van der Waals surface area contributed by atoms with Crippen LogP contribution in [0.5, 0.6) is 0 Å². The highest BCUT2D eigenvalue weighted by Gasteiger charge is 2.37. The first kappa shape index (κ1) is 9.23. The van der Waals surface area contributed by atoms with Crippen LogP contribution in [0.15, 0.2) is 36.7 Å². The van der Waals surface area contributed by atoms with Crippen LogP contribution in [-0.4, -0.2) is 4.98 Å². The Bertz CT molecular complexity index is 357. The Hall–Kier alpha value is -1.33. The lowest BCUT2D eigenvalue weighted by Gasteiger charge is -1.98. The van der Waals surface area contributed by atoms with Crippen LogP contribution in [0, 0.1) is 12.8 Å². The maximum Gasteiger partial charge on any atom is 0.0437 e. The zero-order valence-corrected chi connectivity index (χ0v) is 8.53. The molecule has 0 aliphatic heterocycles. The summed E-state index contributed by atoms with van der Waals surface area (Å²) in [6.07, 6.45) is 6.35. The van der Waals surface area contributed by atoms with Crippen LogP contribution in [0.4, 0.5) is 0 Å². The van der Waals surface area contributed by atoms with Crippen molar-refractivity contribution in [1.82, 2.24) is 4.98 Å². The van der Waals surface area contributed by atoms with Crippen LogP contribution in [0.25, 0.3) is 0 Å². The summed E-state index contributed by atoms with van der Waals surface area (Å²) in [5, 5.41) is 0. The van der Waals surface area contributed by atoms with Crippen LogP contribution in [0.3, 0.4) is 0 Å². The molecule has 1 aliphatic carbocycles. The molecule has 0 amide bonds. The van der Waals surface area contributed by atoms with Crippen molar-refractivity contribution in [1.29, 1.82) is 0 Å². The van der Waals surface area contributed by atoms with Crippen molar-refractivity contribution in [2.24, 2.45) is 5.92 Å². The number of hydrogen-bond donors (Lipinski definition) is 0. The quantitative estimate of drug-likeness (QED) is 0.659. The first-order chi connectivity index (χ1) is 6.81. The predicted molar refractivity (Wildman–Crippen MR) is 58.1 cm³/mol. The van der Waals surface area contributed by atoms with E-state index in [1.807, 2.05) is 12.3 Å². The molecule has 0 radical (unpaired) electrons. The van der Waals surface area contributed by atoms with Crippen molar-refractivity contribution in [2.45, 2.75) is 25.7 Å². The molecule has 1 nitrogen and oxygen atoms in total. The zero-order valence-electron chi connectivity index (χ0n) is 8.53. The Morgan fingerprint density at radius 2 is 2.50 bits per heavy atom. The highest BCUT2D eigenvalue weighted by Crippen LogP contribution is 2.48. The maximum absolute atomic E-state index is 4.45. The van der Waals surface area contributed by atoms with Crippen molar-refractivity contribution >= 4 is 0 Å². The van der Waals surface area contributed by atoms with Gasteiger partial charge in [0.05, 0.1) is 0 Å². The van der Waals surface area contributed by atoms with E-state index in [0.717, 1.165) is 12.3 Å². The SMILES string of the molecule is C=C=CC[C@H]1C[C@@H]1c1ccc(C)cn1. The molecular weight excluding hydrogens is 170 g/mol. The average Bonchev–Trinajstić information content (AvgIpc) is 2.95. The van der Waals surface area contributed by atoms with E-state index in [9.17, 15) is 0 Å². The largest absolute Gasteiger partial charge is 0.261 e. The second kappa shape index (κ2) is 3.81. The standard InChI is InChI=1S/C13H15N/c1-3-4-5-11-8-12(11)13-7-6-10(2)9-14-13/h4,6-7,9,11-12H,1,5,8H2,2H3/t11-,12-/m0/s1. The van der Waals surface area contributed by atoms with Crippen molar-refractivity contribution < 1.29 is 0 Å². The minimum atomic E-state index is 0.681. The molecule has 1 saturated carbocycles. The Morgan fingerprint density at radius 3 is 3.14 bits per heavy atom. The van der Waals surface area contributed by atoms with E-state index in [1.165, 1.54) is 17.7 Å². The van der Waals surface area contributed by atoms with Gasteiger partial charge in [0, 0.05) is 17.8 Å². The normalized spacial score (nSPS) is 24.1. The van der Waals surface area contributed by atoms with Gasteiger partial charge in [0.2, 0.25) is 0 Å². The molecule has 1 fully saturated rings. The van der Waals surface area contributed by atoms with Crippen molar-refractivity contribution in [2.75, 3.05) is 0 Å². The molecule has 0 bridgehead atoms. The Kier molecular flexibility index (Phi) is 2.51. The third-order valence-electron chi connectivity index (χ3n) is 2.80. The average molecular weight is 185 g/mol. The van der Waals surface area contributed by atoms with Gasteiger partial charge < -0.3 is 0 Å². The molecule has 0 aromatic carbocycles. The van der Waals surface area contributed by atoms with Gasteiger partial charge in [0.25, 0.3) is 0 Å². The van der Waals surface area contributed by atoms with Crippen LogP contribution < -0.4 is 0 Å². The van der Waals surface area contributed by atoms with Gasteiger partial charge in [-0.3, -0.25) is 4.98 Å². The fraction of sp³-hybridized carbons (Fsp3) is 0.385. The summed E-state index contributed by atoms with van der Waals surface area (Å²) < 4.78 is 0. The second-order valence-corrected chi connectivity index (χ2v) is 4.01. The third kappa shape index (κ3) is 1.94. The Morgan fingerprint density at radius 1 is 1.64 bits per heavy atom. The minimum Gasteiger partial charge on any atom is -0.261 e. The second-order valence-electron chi connectivity index (χ2n) is 4.01. The number of allylic oxidation sites excluding steroid dienone is 1. The summed E-state index contributed by atoms with van der Waals surface area (Å²) in [4.78, 5) is 4.45. The highest BCUT2D eigenvalue weighted by atomic mass is 14.7. The fourth-order valence-electron chi connectivity index (χ4n) is 1.80. The molecular formula is C13H15N. The summed E-state index contributed by atoms with van der Waals surface area (Å²) in [6.45, 7) is 5.64. The molecule has 1 heterocycles. The fourth-order valence-corrected chi connectivity index (χ4v) is 1.80. The summed E-state index contributed by atoms with van der Waals surface area (Å²) in [5.41, 5.74) is 5.31. The highest BCUT2D eigenvalue weighted by molar-refractivity contribution is 5.21. The van der Waals surface area contributed by atoms with Crippen LogP contribution in [-0.2, 0) is 0 Å². The topological polar surface area (TPSA) is 12.9 Å². The molecule has 0 spiro atoms. The number of aromatic nitrogens is 1. The van der Waals surface area contributed by atoms with Gasteiger partial charge >= 0.3 is 0 Å². The van der Waals surface area contributed by atoms with E-state index in [1.54, 1.807) is 0 Å². The van der Waals surface area contributed by atoms with E-state index in [-0.39, 0.29) is 0 Å². The van der Waals surface area contributed by atoms with Gasteiger partial charge in [0.15, 0.2) is 0 Å². The number of nitrogens with zero attached hydrogens (tertiary/aromatic N) is 1. The molecule has 2 atom stereocenters.